The van der Waals surface area contributed by atoms with Crippen LogP contribution in [0.3, 0.4) is 0 Å². The van der Waals surface area contributed by atoms with E-state index in [2.05, 4.69) is 10.2 Å². The molecule has 0 bridgehead atoms. The number of methoxy groups -OCH3 is 1. The summed E-state index contributed by atoms with van der Waals surface area (Å²) < 4.78 is 22.0. The van der Waals surface area contributed by atoms with Crippen molar-refractivity contribution in [1.29, 1.82) is 0 Å². The molecule has 3 heterocycles. The van der Waals surface area contributed by atoms with Crippen LogP contribution in [0.15, 0.2) is 44.5 Å². The third-order valence-corrected chi connectivity index (χ3v) is 4.99. The zero-order valence-corrected chi connectivity index (χ0v) is 15.7. The molecular weight excluding hydrogens is 368 g/mol. The maximum absolute atomic E-state index is 12.6. The van der Waals surface area contributed by atoms with Crippen LogP contribution in [0.1, 0.15) is 35.0 Å². The molecule has 0 saturated carbocycles. The van der Waals surface area contributed by atoms with E-state index in [1.165, 1.54) is 11.3 Å². The lowest BCUT2D eigenvalue weighted by Crippen LogP contribution is -2.09. The molecule has 27 heavy (non-hydrogen) atoms. The Kier molecular flexibility index (Phi) is 4.41. The number of hydrogen-bond donors (Lipinski definition) is 0. The second-order valence-corrected chi connectivity index (χ2v) is 6.84. The summed E-state index contributed by atoms with van der Waals surface area (Å²) in [4.78, 5) is 13.4. The van der Waals surface area contributed by atoms with Crippen LogP contribution in [-0.4, -0.2) is 23.3 Å². The van der Waals surface area contributed by atoms with Crippen molar-refractivity contribution in [3.05, 3.63) is 52.9 Å². The average molecular weight is 384 g/mol. The predicted molar refractivity (Wildman–Crippen MR) is 98.9 cm³/mol. The lowest BCUT2D eigenvalue weighted by Gasteiger charge is -2.08. The number of furan rings is 1. The Morgan fingerprint density at radius 1 is 1.22 bits per heavy atom. The Labute approximate surface area is 158 Å². The van der Waals surface area contributed by atoms with Gasteiger partial charge in [0.2, 0.25) is 5.76 Å². The molecule has 0 amide bonds. The number of rotatable bonds is 5. The molecule has 4 rings (SSSR count). The van der Waals surface area contributed by atoms with Gasteiger partial charge >= 0.3 is 5.97 Å². The third-order valence-electron chi connectivity index (χ3n) is 4.13. The Morgan fingerprint density at radius 2 is 2.07 bits per heavy atom. The van der Waals surface area contributed by atoms with E-state index in [1.54, 1.807) is 33.1 Å². The van der Waals surface area contributed by atoms with Gasteiger partial charge in [0, 0.05) is 10.9 Å². The fourth-order valence-electron chi connectivity index (χ4n) is 2.68. The summed E-state index contributed by atoms with van der Waals surface area (Å²) >= 11 is 1.49. The summed E-state index contributed by atoms with van der Waals surface area (Å²) in [6.07, 6.45) is -0.708. The first-order chi connectivity index (χ1) is 13.1. The van der Waals surface area contributed by atoms with Crippen molar-refractivity contribution in [2.45, 2.75) is 20.0 Å². The third kappa shape index (κ3) is 3.19. The number of carbonyl (C=O) groups excluding carboxylic acids is 1. The van der Waals surface area contributed by atoms with Gasteiger partial charge in [-0.1, -0.05) is 6.07 Å². The van der Waals surface area contributed by atoms with Crippen LogP contribution in [0.5, 0.6) is 5.75 Å². The highest BCUT2D eigenvalue weighted by atomic mass is 32.1. The monoisotopic (exact) mass is 384 g/mol. The molecule has 0 saturated heterocycles. The van der Waals surface area contributed by atoms with E-state index in [0.717, 1.165) is 10.3 Å². The van der Waals surface area contributed by atoms with Crippen molar-refractivity contribution in [2.24, 2.45) is 0 Å². The minimum absolute atomic E-state index is 0.142. The lowest BCUT2D eigenvalue weighted by atomic mass is 10.1. The summed E-state index contributed by atoms with van der Waals surface area (Å²) in [5, 5.41) is 10.7. The number of esters is 1. The first-order valence-electron chi connectivity index (χ1n) is 8.22. The molecular formula is C19H16N2O5S. The molecule has 0 spiro atoms. The molecule has 4 aromatic rings. The van der Waals surface area contributed by atoms with E-state index in [0.29, 0.717) is 22.8 Å². The highest BCUT2D eigenvalue weighted by molar-refractivity contribution is 7.13. The topological polar surface area (TPSA) is 87.6 Å². The molecule has 0 radical (unpaired) electrons. The zero-order chi connectivity index (χ0) is 19.0. The number of benzene rings is 1. The SMILES string of the molecule is COc1ccc2oc(C(=O)O[C@H](C)c3nnc(-c4cccs4)o3)c(C)c2c1. The van der Waals surface area contributed by atoms with Crippen LogP contribution >= 0.6 is 11.3 Å². The van der Waals surface area contributed by atoms with Gasteiger partial charge in [-0.3, -0.25) is 0 Å². The second-order valence-electron chi connectivity index (χ2n) is 5.89. The van der Waals surface area contributed by atoms with E-state index in [-0.39, 0.29) is 11.7 Å². The molecule has 1 atom stereocenters. The molecule has 7 nitrogen and oxygen atoms in total. The molecule has 138 valence electrons. The lowest BCUT2D eigenvalue weighted by molar-refractivity contribution is 0.0245. The predicted octanol–water partition coefficient (Wildman–Crippen LogP) is 4.78. The van der Waals surface area contributed by atoms with Crippen molar-refractivity contribution in [3.63, 3.8) is 0 Å². The first-order valence-corrected chi connectivity index (χ1v) is 9.10. The smallest absolute Gasteiger partial charge is 0.375 e. The van der Waals surface area contributed by atoms with Gasteiger partial charge in [-0.05, 0) is 43.5 Å². The zero-order valence-electron chi connectivity index (χ0n) is 14.9. The quantitative estimate of drug-likeness (QED) is 0.458. The maximum Gasteiger partial charge on any atom is 0.375 e. The summed E-state index contributed by atoms with van der Waals surface area (Å²) in [7, 11) is 1.59. The van der Waals surface area contributed by atoms with Gasteiger partial charge in [-0.2, -0.15) is 0 Å². The summed E-state index contributed by atoms with van der Waals surface area (Å²) in [5.41, 5.74) is 1.27. The van der Waals surface area contributed by atoms with Gasteiger partial charge in [0.15, 0.2) is 6.10 Å². The van der Waals surface area contributed by atoms with Crippen LogP contribution in [0.2, 0.25) is 0 Å². The average Bonchev–Trinajstić information content (AvgIpc) is 3.41. The molecule has 0 N–H and O–H groups in total. The summed E-state index contributed by atoms with van der Waals surface area (Å²) in [6, 6.07) is 9.12. The second kappa shape index (κ2) is 6.88. The molecule has 0 unspecified atom stereocenters. The van der Waals surface area contributed by atoms with Gasteiger partial charge in [0.05, 0.1) is 12.0 Å². The Hall–Kier alpha value is -3.13. The number of aromatic nitrogens is 2. The van der Waals surface area contributed by atoms with E-state index in [9.17, 15) is 4.79 Å². The number of thiophene rings is 1. The van der Waals surface area contributed by atoms with Crippen molar-refractivity contribution in [3.8, 4) is 16.5 Å². The molecule has 0 fully saturated rings. The highest BCUT2D eigenvalue weighted by Crippen LogP contribution is 2.31. The molecule has 0 aliphatic heterocycles. The maximum atomic E-state index is 12.6. The fourth-order valence-corrected chi connectivity index (χ4v) is 3.33. The molecule has 0 aliphatic carbocycles. The van der Waals surface area contributed by atoms with Gasteiger partial charge in [0.25, 0.3) is 11.8 Å². The molecule has 8 heteroatoms. The number of hydrogen-bond acceptors (Lipinski definition) is 8. The number of aryl methyl sites for hydroxylation is 1. The number of fused-ring (bicyclic) bond motifs is 1. The van der Waals surface area contributed by atoms with E-state index in [1.807, 2.05) is 23.6 Å². The number of ether oxygens (including phenoxy) is 2. The summed E-state index contributed by atoms with van der Waals surface area (Å²) in [6.45, 7) is 3.47. The van der Waals surface area contributed by atoms with E-state index in [4.69, 9.17) is 18.3 Å². The van der Waals surface area contributed by atoms with Gasteiger partial charge in [-0.25, -0.2) is 4.79 Å². The van der Waals surface area contributed by atoms with Crippen LogP contribution in [-0.2, 0) is 4.74 Å². The number of carbonyl (C=O) groups is 1. The molecule has 3 aromatic heterocycles. The van der Waals surface area contributed by atoms with Crippen LogP contribution in [0.4, 0.5) is 0 Å². The van der Waals surface area contributed by atoms with Crippen LogP contribution < -0.4 is 4.74 Å². The first kappa shape index (κ1) is 17.3. The van der Waals surface area contributed by atoms with Crippen LogP contribution in [0, 0.1) is 6.92 Å². The Bertz CT molecular complexity index is 1100. The Balaban J connectivity index is 1.55. The Morgan fingerprint density at radius 3 is 2.81 bits per heavy atom. The van der Waals surface area contributed by atoms with Crippen LogP contribution in [0.25, 0.3) is 21.7 Å². The van der Waals surface area contributed by atoms with Crippen molar-refractivity contribution < 1.29 is 23.1 Å². The van der Waals surface area contributed by atoms with Gasteiger partial charge < -0.3 is 18.3 Å². The van der Waals surface area contributed by atoms with Crippen molar-refractivity contribution >= 4 is 28.3 Å². The standard InChI is InChI=1S/C19H16N2O5S/c1-10-13-9-12(23-3)6-7-14(13)25-16(10)19(22)24-11(2)17-20-21-18(26-17)15-5-4-8-27-15/h4-9,11H,1-3H3/t11-/m1/s1. The molecule has 0 aliphatic rings. The summed E-state index contributed by atoms with van der Waals surface area (Å²) in [5.74, 6) is 0.859. The van der Waals surface area contributed by atoms with Gasteiger partial charge in [0.1, 0.15) is 11.3 Å². The van der Waals surface area contributed by atoms with E-state index < -0.39 is 12.1 Å². The number of nitrogens with zero attached hydrogens (tertiary/aromatic N) is 2. The van der Waals surface area contributed by atoms with Crippen molar-refractivity contribution in [2.75, 3.05) is 7.11 Å². The fraction of sp³-hybridized carbons (Fsp3) is 0.211. The minimum atomic E-state index is -0.708. The van der Waals surface area contributed by atoms with Crippen molar-refractivity contribution in [1.82, 2.24) is 10.2 Å². The highest BCUT2D eigenvalue weighted by Gasteiger charge is 2.25. The largest absolute Gasteiger partial charge is 0.497 e. The molecule has 1 aromatic carbocycles. The van der Waals surface area contributed by atoms with E-state index >= 15 is 0 Å². The minimum Gasteiger partial charge on any atom is -0.497 e. The normalized spacial score (nSPS) is 12.3. The van der Waals surface area contributed by atoms with Gasteiger partial charge in [-0.15, -0.1) is 21.5 Å².